The van der Waals surface area contributed by atoms with E-state index in [2.05, 4.69) is 21.8 Å². The summed E-state index contributed by atoms with van der Waals surface area (Å²) in [6, 6.07) is 2.07. The molecule has 14 heavy (non-hydrogen) atoms. The highest BCUT2D eigenvalue weighted by molar-refractivity contribution is 5.29. The molecule has 4 nitrogen and oxygen atoms in total. The van der Waals surface area contributed by atoms with E-state index in [4.69, 9.17) is 5.73 Å². The molecule has 1 aliphatic rings. The van der Waals surface area contributed by atoms with E-state index in [0.717, 1.165) is 25.5 Å². The summed E-state index contributed by atoms with van der Waals surface area (Å²) in [4.78, 5) is 10.6. The van der Waals surface area contributed by atoms with Gasteiger partial charge < -0.3 is 10.6 Å². The van der Waals surface area contributed by atoms with E-state index < -0.39 is 0 Å². The molecule has 2 heterocycles. The minimum atomic E-state index is 0.243. The third-order valence-corrected chi connectivity index (χ3v) is 2.85. The van der Waals surface area contributed by atoms with E-state index in [-0.39, 0.29) is 6.04 Å². The van der Waals surface area contributed by atoms with Crippen LogP contribution in [0.3, 0.4) is 0 Å². The van der Waals surface area contributed by atoms with Gasteiger partial charge in [0.2, 0.25) is 5.95 Å². The summed E-state index contributed by atoms with van der Waals surface area (Å²) in [5.41, 5.74) is 6.01. The SMILES string of the molecule is CC1CCN(c2ncccn2)CC1N. The second-order valence-corrected chi connectivity index (χ2v) is 3.92. The molecule has 1 aliphatic heterocycles. The molecule has 0 amide bonds. The molecule has 2 unspecified atom stereocenters. The second-order valence-electron chi connectivity index (χ2n) is 3.92. The van der Waals surface area contributed by atoms with Crippen molar-refractivity contribution < 1.29 is 0 Å². The van der Waals surface area contributed by atoms with Gasteiger partial charge in [-0.2, -0.15) is 0 Å². The van der Waals surface area contributed by atoms with Crippen molar-refractivity contribution >= 4 is 5.95 Å². The van der Waals surface area contributed by atoms with Crippen molar-refractivity contribution in [2.75, 3.05) is 18.0 Å². The van der Waals surface area contributed by atoms with Gasteiger partial charge in [-0.15, -0.1) is 0 Å². The van der Waals surface area contributed by atoms with Gasteiger partial charge in [-0.05, 0) is 18.4 Å². The van der Waals surface area contributed by atoms with Gasteiger partial charge in [0.25, 0.3) is 0 Å². The highest BCUT2D eigenvalue weighted by atomic mass is 15.3. The molecule has 0 radical (unpaired) electrons. The van der Waals surface area contributed by atoms with E-state index in [9.17, 15) is 0 Å². The molecule has 2 atom stereocenters. The van der Waals surface area contributed by atoms with Gasteiger partial charge in [-0.1, -0.05) is 6.92 Å². The summed E-state index contributed by atoms with van der Waals surface area (Å²) < 4.78 is 0. The summed E-state index contributed by atoms with van der Waals surface area (Å²) in [6.07, 6.45) is 4.66. The highest BCUT2D eigenvalue weighted by Crippen LogP contribution is 2.18. The Morgan fingerprint density at radius 2 is 2.14 bits per heavy atom. The summed E-state index contributed by atoms with van der Waals surface area (Å²) in [5.74, 6) is 1.41. The first-order valence-corrected chi connectivity index (χ1v) is 5.05. The lowest BCUT2D eigenvalue weighted by atomic mass is 9.95. The maximum atomic E-state index is 6.01. The molecule has 1 saturated heterocycles. The molecular weight excluding hydrogens is 176 g/mol. The first-order chi connectivity index (χ1) is 6.77. The van der Waals surface area contributed by atoms with Gasteiger partial charge in [0.05, 0.1) is 0 Å². The Kier molecular flexibility index (Phi) is 2.63. The fraction of sp³-hybridized carbons (Fsp3) is 0.600. The predicted octanol–water partition coefficient (Wildman–Crippen LogP) is 0.650. The van der Waals surface area contributed by atoms with Crippen LogP contribution in [0.5, 0.6) is 0 Å². The molecular formula is C10H16N4. The van der Waals surface area contributed by atoms with E-state index in [1.54, 1.807) is 12.4 Å². The zero-order chi connectivity index (χ0) is 9.97. The first-order valence-electron chi connectivity index (χ1n) is 5.05. The van der Waals surface area contributed by atoms with Gasteiger partial charge in [-0.25, -0.2) is 9.97 Å². The Bertz CT molecular complexity index is 287. The molecule has 1 fully saturated rings. The van der Waals surface area contributed by atoms with Gasteiger partial charge in [-0.3, -0.25) is 0 Å². The molecule has 0 aliphatic carbocycles. The molecule has 0 saturated carbocycles. The number of anilines is 1. The number of rotatable bonds is 1. The molecule has 0 spiro atoms. The number of hydrogen-bond acceptors (Lipinski definition) is 4. The number of nitrogens with zero attached hydrogens (tertiary/aromatic N) is 3. The van der Waals surface area contributed by atoms with Crippen LogP contribution in [0, 0.1) is 5.92 Å². The third-order valence-electron chi connectivity index (χ3n) is 2.85. The zero-order valence-electron chi connectivity index (χ0n) is 8.43. The van der Waals surface area contributed by atoms with Crippen molar-refractivity contribution in [2.24, 2.45) is 11.7 Å². The quantitative estimate of drug-likeness (QED) is 0.710. The van der Waals surface area contributed by atoms with E-state index in [1.807, 2.05) is 6.07 Å². The molecule has 0 bridgehead atoms. The Morgan fingerprint density at radius 1 is 1.43 bits per heavy atom. The minimum absolute atomic E-state index is 0.243. The van der Waals surface area contributed by atoms with Crippen LogP contribution in [-0.4, -0.2) is 29.1 Å². The third kappa shape index (κ3) is 1.85. The normalized spacial score (nSPS) is 27.7. The van der Waals surface area contributed by atoms with Crippen molar-refractivity contribution in [1.82, 2.24) is 9.97 Å². The highest BCUT2D eigenvalue weighted by Gasteiger charge is 2.24. The van der Waals surface area contributed by atoms with Gasteiger partial charge in [0, 0.05) is 31.5 Å². The number of hydrogen-bond donors (Lipinski definition) is 1. The number of piperidine rings is 1. The summed E-state index contributed by atoms with van der Waals surface area (Å²) in [7, 11) is 0. The topological polar surface area (TPSA) is 55.0 Å². The van der Waals surface area contributed by atoms with Crippen molar-refractivity contribution in [2.45, 2.75) is 19.4 Å². The van der Waals surface area contributed by atoms with Crippen LogP contribution in [0.1, 0.15) is 13.3 Å². The Hall–Kier alpha value is -1.16. The summed E-state index contributed by atoms with van der Waals surface area (Å²) in [6.45, 7) is 4.08. The van der Waals surface area contributed by atoms with Gasteiger partial charge in [0.15, 0.2) is 0 Å². The largest absolute Gasteiger partial charge is 0.339 e. The number of aromatic nitrogens is 2. The molecule has 2 rings (SSSR count). The van der Waals surface area contributed by atoms with E-state index in [0.29, 0.717) is 5.92 Å². The fourth-order valence-electron chi connectivity index (χ4n) is 1.74. The van der Waals surface area contributed by atoms with E-state index >= 15 is 0 Å². The van der Waals surface area contributed by atoms with Gasteiger partial charge >= 0.3 is 0 Å². The van der Waals surface area contributed by atoms with Crippen LogP contribution >= 0.6 is 0 Å². The molecule has 2 N–H and O–H groups in total. The average molecular weight is 192 g/mol. The molecule has 0 aromatic carbocycles. The number of nitrogens with two attached hydrogens (primary N) is 1. The lowest BCUT2D eigenvalue weighted by Crippen LogP contribution is -2.48. The van der Waals surface area contributed by atoms with Crippen molar-refractivity contribution in [3.8, 4) is 0 Å². The van der Waals surface area contributed by atoms with Gasteiger partial charge in [0.1, 0.15) is 0 Å². The Labute approximate surface area is 84.2 Å². The van der Waals surface area contributed by atoms with Crippen LogP contribution in [0.15, 0.2) is 18.5 Å². The molecule has 76 valence electrons. The van der Waals surface area contributed by atoms with Crippen LogP contribution < -0.4 is 10.6 Å². The van der Waals surface area contributed by atoms with Crippen molar-refractivity contribution in [3.63, 3.8) is 0 Å². The maximum Gasteiger partial charge on any atom is 0.225 e. The van der Waals surface area contributed by atoms with Crippen LogP contribution in [0.2, 0.25) is 0 Å². The first kappa shape index (κ1) is 9.40. The van der Waals surface area contributed by atoms with Crippen molar-refractivity contribution in [3.05, 3.63) is 18.5 Å². The summed E-state index contributed by atoms with van der Waals surface area (Å²) >= 11 is 0. The zero-order valence-corrected chi connectivity index (χ0v) is 8.43. The molecule has 4 heteroatoms. The Morgan fingerprint density at radius 3 is 2.79 bits per heavy atom. The molecule has 1 aromatic rings. The average Bonchev–Trinajstić information content (AvgIpc) is 2.23. The predicted molar refractivity (Wildman–Crippen MR) is 56.0 cm³/mol. The Balaban J connectivity index is 2.07. The minimum Gasteiger partial charge on any atom is -0.339 e. The fourth-order valence-corrected chi connectivity index (χ4v) is 1.74. The maximum absolute atomic E-state index is 6.01. The monoisotopic (exact) mass is 192 g/mol. The molecule has 1 aromatic heterocycles. The smallest absolute Gasteiger partial charge is 0.225 e. The standard InChI is InChI=1S/C10H16N4/c1-8-3-6-14(7-9(8)11)10-12-4-2-5-13-10/h2,4-5,8-9H,3,6-7,11H2,1H3. The van der Waals surface area contributed by atoms with E-state index in [1.165, 1.54) is 0 Å². The lowest BCUT2D eigenvalue weighted by molar-refractivity contribution is 0.376. The summed E-state index contributed by atoms with van der Waals surface area (Å²) in [5, 5.41) is 0. The van der Waals surface area contributed by atoms with Crippen LogP contribution in [-0.2, 0) is 0 Å². The second kappa shape index (κ2) is 3.92. The van der Waals surface area contributed by atoms with Crippen LogP contribution in [0.4, 0.5) is 5.95 Å². The van der Waals surface area contributed by atoms with Crippen LogP contribution in [0.25, 0.3) is 0 Å². The lowest BCUT2D eigenvalue weighted by Gasteiger charge is -2.34. The van der Waals surface area contributed by atoms with Crippen molar-refractivity contribution in [1.29, 1.82) is 0 Å².